The van der Waals surface area contributed by atoms with Crippen molar-refractivity contribution in [1.82, 2.24) is 29.8 Å². The smallest absolute Gasteiger partial charge is 0.261 e. The molecule has 9 nitrogen and oxygen atoms in total. The second-order valence-electron chi connectivity index (χ2n) is 6.45. The predicted molar refractivity (Wildman–Crippen MR) is 103 cm³/mol. The molecule has 0 bridgehead atoms. The fraction of sp³-hybridized carbons (Fsp3) is 0.158. The molecule has 4 aromatic rings. The molecule has 1 N–H and O–H groups in total. The third kappa shape index (κ3) is 3.25. The number of tetrazole rings is 1. The Morgan fingerprint density at radius 1 is 1.11 bits per heavy atom. The Bertz CT molecular complexity index is 1230. The van der Waals surface area contributed by atoms with Crippen LogP contribution in [-0.2, 0) is 11.3 Å². The molecule has 2 aromatic heterocycles. The van der Waals surface area contributed by atoms with Gasteiger partial charge in [0.25, 0.3) is 5.56 Å². The van der Waals surface area contributed by atoms with Gasteiger partial charge in [0.05, 0.1) is 22.9 Å². The van der Waals surface area contributed by atoms with Crippen LogP contribution in [0.15, 0.2) is 53.8 Å². The molecule has 0 radical (unpaired) electrons. The van der Waals surface area contributed by atoms with Gasteiger partial charge in [-0.05, 0) is 53.6 Å². The number of nitrogens with zero attached hydrogens (tertiary/aromatic N) is 6. The van der Waals surface area contributed by atoms with Crippen LogP contribution in [0.2, 0.25) is 0 Å². The first kappa shape index (κ1) is 17.5. The minimum Gasteiger partial charge on any atom is -0.324 e. The fourth-order valence-corrected chi connectivity index (χ4v) is 3.01. The maximum absolute atomic E-state index is 12.6. The van der Waals surface area contributed by atoms with Crippen molar-refractivity contribution >= 4 is 22.5 Å². The topological polar surface area (TPSA) is 108 Å². The molecular weight excluding hydrogens is 358 g/mol. The van der Waals surface area contributed by atoms with Gasteiger partial charge in [-0.1, -0.05) is 18.2 Å². The molecule has 2 aromatic carbocycles. The maximum Gasteiger partial charge on any atom is 0.261 e. The van der Waals surface area contributed by atoms with E-state index in [1.165, 1.54) is 21.9 Å². The molecule has 0 atom stereocenters. The standard InChI is InChI=1S/C19H17N7O2/c1-12-6-7-14(8-16(12)26-11-21-23-24-26)22-17(27)9-25-10-20-18-13(2)4-3-5-15(18)19(25)28/h3-8,10-11H,9H2,1-2H3,(H,22,27). The molecule has 0 aliphatic rings. The average molecular weight is 375 g/mol. The van der Waals surface area contributed by atoms with Gasteiger partial charge in [-0.3, -0.25) is 14.2 Å². The lowest BCUT2D eigenvalue weighted by molar-refractivity contribution is -0.116. The van der Waals surface area contributed by atoms with E-state index in [0.717, 1.165) is 16.8 Å². The van der Waals surface area contributed by atoms with Crippen LogP contribution in [0, 0.1) is 13.8 Å². The van der Waals surface area contributed by atoms with Gasteiger partial charge in [0.15, 0.2) is 0 Å². The number of carbonyl (C=O) groups excluding carboxylic acids is 1. The van der Waals surface area contributed by atoms with Gasteiger partial charge in [-0.15, -0.1) is 5.10 Å². The van der Waals surface area contributed by atoms with Crippen molar-refractivity contribution in [2.24, 2.45) is 0 Å². The van der Waals surface area contributed by atoms with E-state index in [4.69, 9.17) is 0 Å². The van der Waals surface area contributed by atoms with E-state index in [9.17, 15) is 9.59 Å². The van der Waals surface area contributed by atoms with Crippen molar-refractivity contribution in [1.29, 1.82) is 0 Å². The lowest BCUT2D eigenvalue weighted by Crippen LogP contribution is -2.28. The Morgan fingerprint density at radius 3 is 2.75 bits per heavy atom. The van der Waals surface area contributed by atoms with E-state index in [1.807, 2.05) is 26.0 Å². The number of aryl methyl sites for hydroxylation is 2. The van der Waals surface area contributed by atoms with Crippen LogP contribution >= 0.6 is 0 Å². The van der Waals surface area contributed by atoms with E-state index in [1.54, 1.807) is 24.3 Å². The van der Waals surface area contributed by atoms with Crippen LogP contribution in [0.4, 0.5) is 5.69 Å². The van der Waals surface area contributed by atoms with Gasteiger partial charge in [0.1, 0.15) is 12.9 Å². The molecule has 0 aliphatic heterocycles. The summed E-state index contributed by atoms with van der Waals surface area (Å²) >= 11 is 0. The zero-order valence-corrected chi connectivity index (χ0v) is 15.3. The lowest BCUT2D eigenvalue weighted by atomic mass is 10.1. The van der Waals surface area contributed by atoms with Crippen LogP contribution in [0.25, 0.3) is 16.6 Å². The molecular formula is C19H17N7O2. The van der Waals surface area contributed by atoms with Crippen LogP contribution in [0.5, 0.6) is 0 Å². The van der Waals surface area contributed by atoms with E-state index in [-0.39, 0.29) is 18.0 Å². The number of benzene rings is 2. The number of aromatic nitrogens is 6. The van der Waals surface area contributed by atoms with Crippen LogP contribution in [0.3, 0.4) is 0 Å². The number of rotatable bonds is 4. The summed E-state index contributed by atoms with van der Waals surface area (Å²) in [6.45, 7) is 3.68. The summed E-state index contributed by atoms with van der Waals surface area (Å²) < 4.78 is 2.82. The summed E-state index contributed by atoms with van der Waals surface area (Å²) in [6.07, 6.45) is 2.88. The van der Waals surface area contributed by atoms with Crippen molar-refractivity contribution in [3.63, 3.8) is 0 Å². The quantitative estimate of drug-likeness (QED) is 0.581. The molecule has 0 aliphatic carbocycles. The Balaban J connectivity index is 1.57. The number of carbonyl (C=O) groups is 1. The van der Waals surface area contributed by atoms with Crippen molar-refractivity contribution in [2.45, 2.75) is 20.4 Å². The van der Waals surface area contributed by atoms with E-state index >= 15 is 0 Å². The number of anilines is 1. The first-order valence-corrected chi connectivity index (χ1v) is 8.61. The zero-order chi connectivity index (χ0) is 19.7. The predicted octanol–water partition coefficient (Wildman–Crippen LogP) is 1.63. The van der Waals surface area contributed by atoms with Gasteiger partial charge >= 0.3 is 0 Å². The van der Waals surface area contributed by atoms with Crippen molar-refractivity contribution < 1.29 is 4.79 Å². The second kappa shape index (κ2) is 7.03. The first-order valence-electron chi connectivity index (χ1n) is 8.61. The fourth-order valence-electron chi connectivity index (χ4n) is 3.01. The lowest BCUT2D eigenvalue weighted by Gasteiger charge is -2.11. The summed E-state index contributed by atoms with van der Waals surface area (Å²) in [4.78, 5) is 29.4. The monoisotopic (exact) mass is 375 g/mol. The number of hydrogen-bond donors (Lipinski definition) is 1. The third-order valence-electron chi connectivity index (χ3n) is 4.46. The van der Waals surface area contributed by atoms with Crippen molar-refractivity contribution in [3.8, 4) is 5.69 Å². The Kier molecular flexibility index (Phi) is 4.40. The van der Waals surface area contributed by atoms with Gasteiger partial charge in [0, 0.05) is 5.69 Å². The number of fused-ring (bicyclic) bond motifs is 1. The Hall–Kier alpha value is -3.88. The molecule has 0 fully saturated rings. The minimum absolute atomic E-state index is 0.135. The summed E-state index contributed by atoms with van der Waals surface area (Å²) in [5.74, 6) is -0.331. The number of amides is 1. The molecule has 2 heterocycles. The molecule has 0 spiro atoms. The van der Waals surface area contributed by atoms with Crippen molar-refractivity contribution in [3.05, 3.63) is 70.5 Å². The molecule has 0 unspecified atom stereocenters. The van der Waals surface area contributed by atoms with Crippen LogP contribution in [0.1, 0.15) is 11.1 Å². The molecule has 140 valence electrons. The molecule has 0 saturated carbocycles. The van der Waals surface area contributed by atoms with E-state index in [2.05, 4.69) is 25.8 Å². The minimum atomic E-state index is -0.331. The summed E-state index contributed by atoms with van der Waals surface area (Å²) in [7, 11) is 0. The normalized spacial score (nSPS) is 10.9. The van der Waals surface area contributed by atoms with Crippen molar-refractivity contribution in [2.75, 3.05) is 5.32 Å². The molecule has 1 amide bonds. The third-order valence-corrected chi connectivity index (χ3v) is 4.46. The average Bonchev–Trinajstić information content (AvgIpc) is 3.21. The summed E-state index contributed by atoms with van der Waals surface area (Å²) in [6, 6.07) is 10.8. The van der Waals surface area contributed by atoms with E-state index in [0.29, 0.717) is 16.6 Å². The van der Waals surface area contributed by atoms with E-state index < -0.39 is 0 Å². The Morgan fingerprint density at radius 2 is 1.96 bits per heavy atom. The van der Waals surface area contributed by atoms with Gasteiger partial charge < -0.3 is 5.32 Å². The highest BCUT2D eigenvalue weighted by atomic mass is 16.2. The highest BCUT2D eigenvalue weighted by Crippen LogP contribution is 2.18. The number of hydrogen-bond acceptors (Lipinski definition) is 6. The number of para-hydroxylation sites is 1. The SMILES string of the molecule is Cc1ccc(NC(=O)Cn2cnc3c(C)cccc3c2=O)cc1-n1cnnn1. The second-order valence-corrected chi connectivity index (χ2v) is 6.45. The maximum atomic E-state index is 12.6. The zero-order valence-electron chi connectivity index (χ0n) is 15.3. The summed E-state index contributed by atoms with van der Waals surface area (Å²) in [5.41, 5.74) is 3.61. The Labute approximate surface area is 159 Å². The van der Waals surface area contributed by atoms with Crippen LogP contribution in [-0.4, -0.2) is 35.7 Å². The van der Waals surface area contributed by atoms with Crippen LogP contribution < -0.4 is 10.9 Å². The first-order chi connectivity index (χ1) is 13.5. The highest BCUT2D eigenvalue weighted by molar-refractivity contribution is 5.91. The molecule has 9 heteroatoms. The highest BCUT2D eigenvalue weighted by Gasteiger charge is 2.11. The van der Waals surface area contributed by atoms with Gasteiger partial charge in [0.2, 0.25) is 5.91 Å². The number of nitrogens with one attached hydrogen (secondary N) is 1. The summed E-state index contributed by atoms with van der Waals surface area (Å²) in [5, 5.41) is 14.4. The van der Waals surface area contributed by atoms with Gasteiger partial charge in [-0.25, -0.2) is 9.67 Å². The molecule has 4 rings (SSSR count). The van der Waals surface area contributed by atoms with Gasteiger partial charge in [-0.2, -0.15) is 0 Å². The molecule has 0 saturated heterocycles. The largest absolute Gasteiger partial charge is 0.324 e. The molecule has 28 heavy (non-hydrogen) atoms.